The van der Waals surface area contributed by atoms with Crippen molar-refractivity contribution in [1.82, 2.24) is 10.2 Å². The summed E-state index contributed by atoms with van der Waals surface area (Å²) in [6.45, 7) is 7.35. The molecule has 1 aromatic rings. The van der Waals surface area contributed by atoms with Crippen molar-refractivity contribution < 1.29 is 0 Å². The van der Waals surface area contributed by atoms with E-state index in [2.05, 4.69) is 48.6 Å². The zero-order valence-corrected chi connectivity index (χ0v) is 13.4. The van der Waals surface area contributed by atoms with Gasteiger partial charge in [0.2, 0.25) is 0 Å². The van der Waals surface area contributed by atoms with E-state index >= 15 is 0 Å². The molecule has 2 rings (SSSR count). The second-order valence-corrected chi connectivity index (χ2v) is 6.90. The largest absolute Gasteiger partial charge is 0.315 e. The normalized spacial score (nSPS) is 21.4. The lowest BCUT2D eigenvalue weighted by Crippen LogP contribution is -2.57. The van der Waals surface area contributed by atoms with Gasteiger partial charge in [-0.1, -0.05) is 13.0 Å². The van der Waals surface area contributed by atoms with Crippen LogP contribution in [0.2, 0.25) is 0 Å². The number of aryl methyl sites for hydroxylation is 1. The Morgan fingerprint density at radius 3 is 2.68 bits per heavy atom. The second kappa shape index (κ2) is 6.87. The van der Waals surface area contributed by atoms with E-state index in [-0.39, 0.29) is 0 Å². The lowest BCUT2D eigenvalue weighted by atomic mass is 9.84. The van der Waals surface area contributed by atoms with Gasteiger partial charge in [-0.3, -0.25) is 4.90 Å². The van der Waals surface area contributed by atoms with Gasteiger partial charge in [-0.25, -0.2) is 0 Å². The number of nitrogens with one attached hydrogen (secondary N) is 1. The number of likely N-dealkylation sites (tertiary alicyclic amines) is 1. The van der Waals surface area contributed by atoms with Crippen LogP contribution in [0.1, 0.15) is 44.4 Å². The third-order valence-corrected chi connectivity index (χ3v) is 5.84. The van der Waals surface area contributed by atoms with E-state index in [1.807, 2.05) is 11.3 Å². The van der Waals surface area contributed by atoms with E-state index in [9.17, 15) is 0 Å². The third kappa shape index (κ3) is 3.39. The fourth-order valence-electron chi connectivity index (χ4n) is 3.43. The van der Waals surface area contributed by atoms with Crippen LogP contribution in [-0.2, 0) is 6.42 Å². The molecule has 2 unspecified atom stereocenters. The minimum atomic E-state index is 0.308. The summed E-state index contributed by atoms with van der Waals surface area (Å²) >= 11 is 1.88. The van der Waals surface area contributed by atoms with Crippen LogP contribution < -0.4 is 5.32 Å². The van der Waals surface area contributed by atoms with Gasteiger partial charge in [-0.05, 0) is 70.6 Å². The minimum Gasteiger partial charge on any atom is -0.315 e. The predicted octanol–water partition coefficient (Wildman–Crippen LogP) is 3.53. The Morgan fingerprint density at radius 2 is 2.16 bits per heavy atom. The molecule has 1 aliphatic rings. The van der Waals surface area contributed by atoms with Gasteiger partial charge < -0.3 is 5.32 Å². The molecule has 2 heterocycles. The van der Waals surface area contributed by atoms with Crippen molar-refractivity contribution in [1.29, 1.82) is 0 Å². The molecule has 1 aliphatic heterocycles. The molecule has 2 nitrogen and oxygen atoms in total. The first-order chi connectivity index (χ1) is 9.20. The van der Waals surface area contributed by atoms with Gasteiger partial charge >= 0.3 is 0 Å². The SMILES string of the molecule is CCC(C)(C(CCc1cccs1)NC)N1CCCC1. The van der Waals surface area contributed by atoms with E-state index in [0.29, 0.717) is 11.6 Å². The van der Waals surface area contributed by atoms with Gasteiger partial charge in [0.25, 0.3) is 0 Å². The number of nitrogens with zero attached hydrogens (tertiary/aromatic N) is 1. The highest BCUT2D eigenvalue weighted by molar-refractivity contribution is 7.09. The maximum Gasteiger partial charge on any atom is 0.0331 e. The molecule has 1 saturated heterocycles. The number of hydrogen-bond donors (Lipinski definition) is 1. The maximum atomic E-state index is 3.60. The van der Waals surface area contributed by atoms with Gasteiger partial charge in [0, 0.05) is 16.5 Å². The lowest BCUT2D eigenvalue weighted by Gasteiger charge is -2.44. The Labute approximate surface area is 122 Å². The van der Waals surface area contributed by atoms with Crippen molar-refractivity contribution in [3.05, 3.63) is 22.4 Å². The first-order valence-electron chi connectivity index (χ1n) is 7.65. The van der Waals surface area contributed by atoms with Crippen molar-refractivity contribution in [3.63, 3.8) is 0 Å². The van der Waals surface area contributed by atoms with Crippen molar-refractivity contribution in [3.8, 4) is 0 Å². The molecule has 19 heavy (non-hydrogen) atoms. The molecule has 0 aliphatic carbocycles. The minimum absolute atomic E-state index is 0.308. The summed E-state index contributed by atoms with van der Waals surface area (Å²) in [6, 6.07) is 5.00. The number of hydrogen-bond acceptors (Lipinski definition) is 3. The van der Waals surface area contributed by atoms with Gasteiger partial charge in [-0.2, -0.15) is 0 Å². The molecule has 1 N–H and O–H groups in total. The molecule has 3 heteroatoms. The van der Waals surface area contributed by atoms with Crippen LogP contribution in [-0.4, -0.2) is 36.6 Å². The van der Waals surface area contributed by atoms with Crippen LogP contribution in [0.4, 0.5) is 0 Å². The highest BCUT2D eigenvalue weighted by Gasteiger charge is 2.38. The summed E-state index contributed by atoms with van der Waals surface area (Å²) in [5.74, 6) is 0. The maximum absolute atomic E-state index is 3.60. The molecule has 108 valence electrons. The molecule has 0 saturated carbocycles. The highest BCUT2D eigenvalue weighted by Crippen LogP contribution is 2.30. The fourth-order valence-corrected chi connectivity index (χ4v) is 4.15. The van der Waals surface area contributed by atoms with Crippen molar-refractivity contribution >= 4 is 11.3 Å². The Kier molecular flexibility index (Phi) is 5.43. The Morgan fingerprint density at radius 1 is 1.42 bits per heavy atom. The number of likely N-dealkylation sites (N-methyl/N-ethyl adjacent to an activating group) is 1. The molecule has 1 fully saturated rings. The highest BCUT2D eigenvalue weighted by atomic mass is 32.1. The Balaban J connectivity index is 2.00. The van der Waals surface area contributed by atoms with Crippen molar-refractivity contribution in [2.24, 2.45) is 0 Å². The topological polar surface area (TPSA) is 15.3 Å². The monoisotopic (exact) mass is 280 g/mol. The zero-order chi connectivity index (χ0) is 13.7. The van der Waals surface area contributed by atoms with Crippen molar-refractivity contribution in [2.45, 2.75) is 57.5 Å². The van der Waals surface area contributed by atoms with Crippen molar-refractivity contribution in [2.75, 3.05) is 20.1 Å². The summed E-state index contributed by atoms with van der Waals surface area (Å²) in [4.78, 5) is 4.22. The van der Waals surface area contributed by atoms with Gasteiger partial charge in [0.05, 0.1) is 0 Å². The average Bonchev–Trinajstić information content (AvgIpc) is 3.12. The van der Waals surface area contributed by atoms with Crippen LogP contribution in [0.25, 0.3) is 0 Å². The summed E-state index contributed by atoms with van der Waals surface area (Å²) in [7, 11) is 2.13. The number of thiophene rings is 1. The van der Waals surface area contributed by atoms with Crippen LogP contribution in [0.3, 0.4) is 0 Å². The molecular formula is C16H28N2S. The van der Waals surface area contributed by atoms with Gasteiger partial charge in [0.15, 0.2) is 0 Å². The molecule has 0 aromatic carbocycles. The quantitative estimate of drug-likeness (QED) is 0.822. The molecule has 0 bridgehead atoms. The van der Waals surface area contributed by atoms with E-state index in [1.54, 1.807) is 0 Å². The van der Waals surface area contributed by atoms with E-state index in [0.717, 1.165) is 0 Å². The second-order valence-electron chi connectivity index (χ2n) is 5.86. The van der Waals surface area contributed by atoms with Crippen LogP contribution in [0.5, 0.6) is 0 Å². The first kappa shape index (κ1) is 15.0. The molecule has 0 radical (unpaired) electrons. The zero-order valence-electron chi connectivity index (χ0n) is 12.6. The lowest BCUT2D eigenvalue weighted by molar-refractivity contribution is 0.0838. The standard InChI is InChI=1S/C16H28N2S/c1-4-16(2,18-11-5-6-12-18)15(17-3)10-9-14-8-7-13-19-14/h7-8,13,15,17H,4-6,9-12H2,1-3H3. The Hall–Kier alpha value is -0.380. The Bertz CT molecular complexity index is 357. The summed E-state index contributed by atoms with van der Waals surface area (Å²) in [5.41, 5.74) is 0.308. The van der Waals surface area contributed by atoms with E-state index < -0.39 is 0 Å². The van der Waals surface area contributed by atoms with Crippen LogP contribution in [0, 0.1) is 0 Å². The van der Waals surface area contributed by atoms with Gasteiger partial charge in [-0.15, -0.1) is 11.3 Å². The third-order valence-electron chi connectivity index (χ3n) is 4.90. The molecular weight excluding hydrogens is 252 g/mol. The smallest absolute Gasteiger partial charge is 0.0331 e. The van der Waals surface area contributed by atoms with E-state index in [4.69, 9.17) is 0 Å². The summed E-state index contributed by atoms with van der Waals surface area (Å²) < 4.78 is 0. The molecule has 0 amide bonds. The molecule has 2 atom stereocenters. The average molecular weight is 280 g/mol. The summed E-state index contributed by atoms with van der Waals surface area (Å²) in [5, 5.41) is 5.78. The summed E-state index contributed by atoms with van der Waals surface area (Å²) in [6.07, 6.45) is 6.40. The fraction of sp³-hybridized carbons (Fsp3) is 0.750. The van der Waals surface area contributed by atoms with Crippen LogP contribution in [0.15, 0.2) is 17.5 Å². The molecule has 0 spiro atoms. The number of rotatable bonds is 7. The first-order valence-corrected chi connectivity index (χ1v) is 8.53. The van der Waals surface area contributed by atoms with E-state index in [1.165, 1.54) is 50.1 Å². The molecule has 1 aromatic heterocycles. The predicted molar refractivity (Wildman–Crippen MR) is 85.0 cm³/mol. The van der Waals surface area contributed by atoms with Gasteiger partial charge in [0.1, 0.15) is 0 Å². The van der Waals surface area contributed by atoms with Crippen LogP contribution >= 0.6 is 11.3 Å².